The number of nitrogens with two attached hydrogens (primary N) is 1. The molecule has 1 aliphatic heterocycles. The van der Waals surface area contributed by atoms with Gasteiger partial charge in [0.05, 0.1) is 15.7 Å². The third-order valence-corrected chi connectivity index (χ3v) is 3.48. The van der Waals surface area contributed by atoms with E-state index in [1.54, 1.807) is 12.1 Å². The molecule has 1 aliphatic rings. The van der Waals surface area contributed by atoms with E-state index in [4.69, 9.17) is 34.0 Å². The Kier molecular flexibility index (Phi) is 3.47. The number of rotatable bonds is 2. The van der Waals surface area contributed by atoms with Crippen molar-refractivity contribution in [1.82, 2.24) is 0 Å². The average Bonchev–Trinajstić information content (AvgIpc) is 2.64. The molecule has 0 aliphatic carbocycles. The highest BCUT2D eigenvalue weighted by molar-refractivity contribution is 6.39. The number of benzene rings is 1. The van der Waals surface area contributed by atoms with E-state index in [9.17, 15) is 0 Å². The fourth-order valence-electron chi connectivity index (χ4n) is 2.07. The summed E-state index contributed by atoms with van der Waals surface area (Å²) in [5.74, 6) is 0.310. The first-order chi connectivity index (χ1) is 7.61. The molecule has 1 fully saturated rings. The largest absolute Gasteiger partial charge is 0.399 e. The van der Waals surface area contributed by atoms with Crippen molar-refractivity contribution < 1.29 is 5.11 Å². The lowest BCUT2D eigenvalue weighted by Crippen LogP contribution is -2.21. The second-order valence-electron chi connectivity index (χ2n) is 4.12. The Labute approximate surface area is 105 Å². The van der Waals surface area contributed by atoms with Crippen LogP contribution in [-0.2, 0) is 0 Å². The number of aliphatic hydroxyl groups is 1. The molecule has 0 amide bonds. The van der Waals surface area contributed by atoms with Gasteiger partial charge in [-0.15, -0.1) is 0 Å². The third kappa shape index (κ3) is 2.21. The fraction of sp³-hybridized carbons (Fsp3) is 0.455. The number of hydrogen-bond acceptors (Lipinski definition) is 3. The smallest absolute Gasteiger partial charge is 0.0746 e. The molecule has 5 heteroatoms. The van der Waals surface area contributed by atoms with Gasteiger partial charge in [-0.2, -0.15) is 0 Å². The number of aliphatic hydroxyl groups excluding tert-OH is 1. The molecule has 1 aromatic rings. The molecule has 88 valence electrons. The van der Waals surface area contributed by atoms with Crippen LogP contribution in [0.25, 0.3) is 0 Å². The van der Waals surface area contributed by atoms with Crippen molar-refractivity contribution in [3.05, 3.63) is 22.2 Å². The van der Waals surface area contributed by atoms with Crippen LogP contribution >= 0.6 is 23.2 Å². The summed E-state index contributed by atoms with van der Waals surface area (Å²) >= 11 is 12.3. The maximum Gasteiger partial charge on any atom is 0.0746 e. The van der Waals surface area contributed by atoms with Gasteiger partial charge in [0.2, 0.25) is 0 Å². The first kappa shape index (κ1) is 11.8. The van der Waals surface area contributed by atoms with Crippen molar-refractivity contribution in [2.45, 2.75) is 6.42 Å². The molecule has 0 saturated carbocycles. The van der Waals surface area contributed by atoms with Crippen molar-refractivity contribution in [1.29, 1.82) is 0 Å². The summed E-state index contributed by atoms with van der Waals surface area (Å²) in [4.78, 5) is 2.10. The number of nitrogens with zero attached hydrogens (tertiary/aromatic N) is 1. The van der Waals surface area contributed by atoms with Crippen molar-refractivity contribution in [3.8, 4) is 0 Å². The standard InChI is InChI=1S/C11H14Cl2N2O/c12-9-3-8(14)4-10(13)11(9)15-2-1-7(5-15)6-16/h3-4,7,16H,1-2,5-6,14H2. The summed E-state index contributed by atoms with van der Waals surface area (Å²) in [6.45, 7) is 1.87. The van der Waals surface area contributed by atoms with E-state index in [0.29, 0.717) is 21.7 Å². The lowest BCUT2D eigenvalue weighted by Gasteiger charge is -2.21. The maximum absolute atomic E-state index is 9.10. The highest BCUT2D eigenvalue weighted by Crippen LogP contribution is 2.38. The van der Waals surface area contributed by atoms with Crippen LogP contribution in [-0.4, -0.2) is 24.8 Å². The highest BCUT2D eigenvalue weighted by Gasteiger charge is 2.25. The van der Waals surface area contributed by atoms with Crippen LogP contribution in [0.1, 0.15) is 6.42 Å². The molecule has 16 heavy (non-hydrogen) atoms. The first-order valence-electron chi connectivity index (χ1n) is 5.22. The van der Waals surface area contributed by atoms with E-state index in [2.05, 4.69) is 4.90 Å². The zero-order valence-electron chi connectivity index (χ0n) is 8.79. The first-order valence-corrected chi connectivity index (χ1v) is 5.97. The van der Waals surface area contributed by atoms with Crippen molar-refractivity contribution in [2.24, 2.45) is 5.92 Å². The predicted octanol–water partition coefficient (Wildman–Crippen LogP) is 2.39. The summed E-state index contributed by atoms with van der Waals surface area (Å²) in [5.41, 5.74) is 7.05. The van der Waals surface area contributed by atoms with Gasteiger partial charge in [-0.3, -0.25) is 0 Å². The Morgan fingerprint density at radius 2 is 2.00 bits per heavy atom. The number of halogens is 2. The molecule has 0 bridgehead atoms. The van der Waals surface area contributed by atoms with E-state index < -0.39 is 0 Å². The van der Waals surface area contributed by atoms with Gasteiger partial charge in [-0.25, -0.2) is 0 Å². The summed E-state index contributed by atoms with van der Waals surface area (Å²) in [5, 5.41) is 10.2. The van der Waals surface area contributed by atoms with Crippen molar-refractivity contribution in [2.75, 3.05) is 30.3 Å². The van der Waals surface area contributed by atoms with Gasteiger partial charge in [-0.1, -0.05) is 23.2 Å². The van der Waals surface area contributed by atoms with Gasteiger partial charge in [0.25, 0.3) is 0 Å². The van der Waals surface area contributed by atoms with E-state index in [0.717, 1.165) is 25.2 Å². The Balaban J connectivity index is 2.28. The Morgan fingerprint density at radius 1 is 1.38 bits per heavy atom. The zero-order chi connectivity index (χ0) is 11.7. The molecule has 1 heterocycles. The SMILES string of the molecule is Nc1cc(Cl)c(N2CCC(CO)C2)c(Cl)c1. The van der Waals surface area contributed by atoms with Crippen LogP contribution in [0.5, 0.6) is 0 Å². The van der Waals surface area contributed by atoms with E-state index >= 15 is 0 Å². The summed E-state index contributed by atoms with van der Waals surface area (Å²) in [7, 11) is 0. The molecule has 1 saturated heterocycles. The van der Waals surface area contributed by atoms with Crippen LogP contribution in [0.2, 0.25) is 10.0 Å². The molecule has 2 rings (SSSR count). The van der Waals surface area contributed by atoms with Gasteiger partial charge in [0.1, 0.15) is 0 Å². The van der Waals surface area contributed by atoms with Crippen LogP contribution in [0.4, 0.5) is 11.4 Å². The van der Waals surface area contributed by atoms with E-state index in [1.165, 1.54) is 0 Å². The van der Waals surface area contributed by atoms with Crippen LogP contribution in [0, 0.1) is 5.92 Å². The van der Waals surface area contributed by atoms with Gasteiger partial charge < -0.3 is 15.7 Å². The minimum absolute atomic E-state index is 0.209. The van der Waals surface area contributed by atoms with Gasteiger partial charge in [0.15, 0.2) is 0 Å². The molecular formula is C11H14Cl2N2O. The monoisotopic (exact) mass is 260 g/mol. The topological polar surface area (TPSA) is 49.5 Å². The maximum atomic E-state index is 9.10. The molecule has 0 aromatic heterocycles. The van der Waals surface area contributed by atoms with E-state index in [-0.39, 0.29) is 6.61 Å². The van der Waals surface area contributed by atoms with Crippen molar-refractivity contribution >= 4 is 34.6 Å². The molecule has 0 spiro atoms. The number of hydrogen-bond donors (Lipinski definition) is 2. The number of anilines is 2. The molecule has 3 N–H and O–H groups in total. The van der Waals surface area contributed by atoms with Crippen LogP contribution < -0.4 is 10.6 Å². The quantitative estimate of drug-likeness (QED) is 0.804. The van der Waals surface area contributed by atoms with Gasteiger partial charge >= 0.3 is 0 Å². The Bertz CT molecular complexity index is 375. The van der Waals surface area contributed by atoms with E-state index in [1.807, 2.05) is 0 Å². The summed E-state index contributed by atoms with van der Waals surface area (Å²) in [6.07, 6.45) is 0.966. The molecular weight excluding hydrogens is 247 g/mol. The molecule has 1 atom stereocenters. The van der Waals surface area contributed by atoms with Crippen LogP contribution in [0.15, 0.2) is 12.1 Å². The highest BCUT2D eigenvalue weighted by atomic mass is 35.5. The lowest BCUT2D eigenvalue weighted by molar-refractivity contribution is 0.238. The molecule has 0 radical (unpaired) electrons. The Hall–Kier alpha value is -0.640. The van der Waals surface area contributed by atoms with Crippen LogP contribution in [0.3, 0.4) is 0 Å². The van der Waals surface area contributed by atoms with Gasteiger partial charge in [0, 0.05) is 31.3 Å². The Morgan fingerprint density at radius 3 is 2.50 bits per heavy atom. The summed E-state index contributed by atoms with van der Waals surface area (Å²) in [6, 6.07) is 3.41. The molecule has 1 aromatic carbocycles. The minimum Gasteiger partial charge on any atom is -0.399 e. The molecule has 1 unspecified atom stereocenters. The second-order valence-corrected chi connectivity index (χ2v) is 4.93. The normalized spacial score (nSPS) is 20.4. The third-order valence-electron chi connectivity index (χ3n) is 2.90. The second kappa shape index (κ2) is 4.70. The minimum atomic E-state index is 0.209. The summed E-state index contributed by atoms with van der Waals surface area (Å²) < 4.78 is 0. The zero-order valence-corrected chi connectivity index (χ0v) is 10.3. The average molecular weight is 261 g/mol. The molecule has 3 nitrogen and oxygen atoms in total. The number of nitrogen functional groups attached to an aromatic ring is 1. The van der Waals surface area contributed by atoms with Gasteiger partial charge in [-0.05, 0) is 18.6 Å². The lowest BCUT2D eigenvalue weighted by atomic mass is 10.1. The fourth-order valence-corrected chi connectivity index (χ4v) is 2.81. The van der Waals surface area contributed by atoms with Crippen molar-refractivity contribution in [3.63, 3.8) is 0 Å². The predicted molar refractivity (Wildman–Crippen MR) is 68.3 cm³/mol.